The molecule has 1 aliphatic rings. The number of nitrogens with two attached hydrogens (primary N) is 1. The van der Waals surface area contributed by atoms with E-state index in [0.29, 0.717) is 26.0 Å². The first-order valence-electron chi connectivity index (χ1n) is 9.11. The fourth-order valence-corrected chi connectivity index (χ4v) is 2.90. The van der Waals surface area contributed by atoms with Crippen molar-refractivity contribution in [2.45, 2.75) is 52.2 Å². The van der Waals surface area contributed by atoms with Gasteiger partial charge < -0.3 is 20.1 Å². The van der Waals surface area contributed by atoms with Crippen LogP contribution in [-0.2, 0) is 25.6 Å². The Labute approximate surface area is 156 Å². The maximum atomic E-state index is 12.5. The lowest BCUT2D eigenvalue weighted by atomic mass is 10.2. The number of esters is 1. The fourth-order valence-electron chi connectivity index (χ4n) is 2.90. The summed E-state index contributed by atoms with van der Waals surface area (Å²) in [5.74, 6) is -1.30. The molecule has 1 aromatic rings. The number of amides is 1. The molecule has 1 saturated heterocycles. The van der Waals surface area contributed by atoms with Crippen molar-refractivity contribution in [1.29, 1.82) is 0 Å². The van der Waals surface area contributed by atoms with E-state index in [1.54, 1.807) is 6.92 Å². The molecule has 150 valence electrons. The number of aromatic amines is 1. The molecule has 0 bridgehead atoms. The van der Waals surface area contributed by atoms with Crippen LogP contribution in [-0.4, -0.2) is 47.3 Å². The van der Waals surface area contributed by atoms with Crippen molar-refractivity contribution < 1.29 is 19.1 Å². The van der Waals surface area contributed by atoms with Gasteiger partial charge in [0.25, 0.3) is 11.5 Å². The first-order chi connectivity index (χ1) is 12.9. The molecule has 1 atom stereocenters. The van der Waals surface area contributed by atoms with Gasteiger partial charge in [-0.25, -0.2) is 9.59 Å². The summed E-state index contributed by atoms with van der Waals surface area (Å²) < 4.78 is 11.5. The van der Waals surface area contributed by atoms with Crippen LogP contribution >= 0.6 is 0 Å². The minimum Gasteiger partial charge on any atom is -0.454 e. The number of nitrogens with zero attached hydrogens (tertiary/aromatic N) is 2. The summed E-state index contributed by atoms with van der Waals surface area (Å²) in [6.45, 7) is 4.00. The fraction of sp³-hybridized carbons (Fsp3) is 0.647. The van der Waals surface area contributed by atoms with Crippen molar-refractivity contribution in [3.63, 3.8) is 0 Å². The highest BCUT2D eigenvalue weighted by molar-refractivity contribution is 5.97. The van der Waals surface area contributed by atoms with Crippen LogP contribution in [0.1, 0.15) is 39.5 Å². The lowest BCUT2D eigenvalue weighted by Crippen LogP contribution is -2.43. The largest absolute Gasteiger partial charge is 0.454 e. The Kier molecular flexibility index (Phi) is 7.17. The predicted molar refractivity (Wildman–Crippen MR) is 98.6 cm³/mol. The molecule has 3 N–H and O–H groups in total. The predicted octanol–water partition coefficient (Wildman–Crippen LogP) is -0.00600. The van der Waals surface area contributed by atoms with Gasteiger partial charge in [-0.2, -0.15) is 0 Å². The molecule has 10 heteroatoms. The molecule has 1 aliphatic heterocycles. The summed E-state index contributed by atoms with van der Waals surface area (Å²) in [5, 5.41) is 0. The molecule has 1 fully saturated rings. The molecule has 2 heterocycles. The van der Waals surface area contributed by atoms with Crippen LogP contribution in [0.2, 0.25) is 0 Å². The van der Waals surface area contributed by atoms with E-state index in [2.05, 4.69) is 4.98 Å². The monoisotopic (exact) mass is 382 g/mol. The number of hydrogen-bond donors (Lipinski definition) is 2. The Hall–Kier alpha value is -2.62. The van der Waals surface area contributed by atoms with Gasteiger partial charge in [-0.05, 0) is 26.2 Å². The van der Waals surface area contributed by atoms with Crippen molar-refractivity contribution in [1.82, 2.24) is 9.55 Å². The van der Waals surface area contributed by atoms with Gasteiger partial charge in [0.2, 0.25) is 0 Å². The van der Waals surface area contributed by atoms with E-state index in [9.17, 15) is 19.2 Å². The van der Waals surface area contributed by atoms with Gasteiger partial charge in [-0.3, -0.25) is 19.1 Å². The molecular formula is C17H26N4O6. The first-order valence-corrected chi connectivity index (χ1v) is 9.11. The van der Waals surface area contributed by atoms with Crippen LogP contribution < -0.4 is 21.9 Å². The Morgan fingerprint density at radius 2 is 2.11 bits per heavy atom. The van der Waals surface area contributed by atoms with Gasteiger partial charge in [0, 0.05) is 19.7 Å². The van der Waals surface area contributed by atoms with E-state index in [1.165, 1.54) is 4.57 Å². The Morgan fingerprint density at radius 1 is 1.37 bits per heavy atom. The quantitative estimate of drug-likeness (QED) is 0.604. The van der Waals surface area contributed by atoms with Crippen molar-refractivity contribution in [2.75, 3.05) is 30.4 Å². The average Bonchev–Trinajstić information content (AvgIpc) is 3.17. The Morgan fingerprint density at radius 3 is 2.70 bits per heavy atom. The van der Waals surface area contributed by atoms with Crippen LogP contribution in [0.25, 0.3) is 0 Å². The number of carbonyl (C=O) groups is 2. The number of likely N-dealkylation sites (N-methyl/N-ethyl adjacent to an activating group) is 1. The van der Waals surface area contributed by atoms with Crippen molar-refractivity contribution in [3.05, 3.63) is 20.8 Å². The summed E-state index contributed by atoms with van der Waals surface area (Å²) >= 11 is 0. The lowest BCUT2D eigenvalue weighted by Gasteiger charge is -2.23. The number of hydrogen-bond acceptors (Lipinski definition) is 7. The van der Waals surface area contributed by atoms with Crippen LogP contribution in [0, 0.1) is 0 Å². The molecule has 0 unspecified atom stereocenters. The molecule has 10 nitrogen and oxygen atoms in total. The summed E-state index contributed by atoms with van der Waals surface area (Å²) in [7, 11) is 0. The van der Waals surface area contributed by atoms with E-state index >= 15 is 0 Å². The van der Waals surface area contributed by atoms with E-state index in [-0.39, 0.29) is 18.1 Å². The number of rotatable bonds is 8. The number of nitrogens with one attached hydrogen (secondary N) is 1. The van der Waals surface area contributed by atoms with Crippen molar-refractivity contribution in [2.24, 2.45) is 0 Å². The second-order valence-electron chi connectivity index (χ2n) is 6.25. The molecule has 0 aromatic carbocycles. The third-order valence-electron chi connectivity index (χ3n) is 4.37. The Bertz CT molecular complexity index is 794. The number of H-pyrrole nitrogens is 1. The van der Waals surface area contributed by atoms with Gasteiger partial charge in [0.1, 0.15) is 5.82 Å². The van der Waals surface area contributed by atoms with Gasteiger partial charge >= 0.3 is 11.7 Å². The van der Waals surface area contributed by atoms with E-state index in [4.69, 9.17) is 15.2 Å². The zero-order valence-electron chi connectivity index (χ0n) is 15.7. The van der Waals surface area contributed by atoms with E-state index < -0.39 is 35.8 Å². The molecule has 2 rings (SSSR count). The third-order valence-corrected chi connectivity index (χ3v) is 4.37. The molecule has 0 saturated carbocycles. The maximum Gasteiger partial charge on any atom is 0.335 e. The van der Waals surface area contributed by atoms with Crippen molar-refractivity contribution >= 4 is 23.4 Å². The van der Waals surface area contributed by atoms with Gasteiger partial charge in [0.15, 0.2) is 18.4 Å². The SMILES string of the molecule is CCCCn1c(N)c(N(CC)C(=O)COC(=O)[C@@H]2CCCO2)c(=O)[nH]c1=O. The number of anilines is 2. The highest BCUT2D eigenvalue weighted by Crippen LogP contribution is 2.18. The molecule has 27 heavy (non-hydrogen) atoms. The third kappa shape index (κ3) is 4.76. The zero-order valence-corrected chi connectivity index (χ0v) is 15.7. The molecular weight excluding hydrogens is 356 g/mol. The van der Waals surface area contributed by atoms with Crippen LogP contribution in [0.4, 0.5) is 11.5 Å². The highest BCUT2D eigenvalue weighted by atomic mass is 16.6. The van der Waals surface area contributed by atoms with Gasteiger partial charge in [0.05, 0.1) is 0 Å². The Balaban J connectivity index is 2.20. The number of ether oxygens (including phenoxy) is 2. The number of unbranched alkanes of at least 4 members (excludes halogenated alkanes) is 1. The summed E-state index contributed by atoms with van der Waals surface area (Å²) in [6.07, 6.45) is 2.18. The smallest absolute Gasteiger partial charge is 0.335 e. The minimum atomic E-state index is -0.758. The maximum absolute atomic E-state index is 12.5. The summed E-state index contributed by atoms with van der Waals surface area (Å²) in [6, 6.07) is 0. The number of nitrogen functional groups attached to an aromatic ring is 1. The summed E-state index contributed by atoms with van der Waals surface area (Å²) in [4.78, 5) is 52.0. The second kappa shape index (κ2) is 9.36. The zero-order chi connectivity index (χ0) is 20.0. The number of carbonyl (C=O) groups excluding carboxylic acids is 2. The molecule has 1 amide bonds. The summed E-state index contributed by atoms with van der Waals surface area (Å²) in [5.41, 5.74) is 4.52. The van der Waals surface area contributed by atoms with Gasteiger partial charge in [-0.15, -0.1) is 0 Å². The highest BCUT2D eigenvalue weighted by Gasteiger charge is 2.28. The van der Waals surface area contributed by atoms with Gasteiger partial charge in [-0.1, -0.05) is 13.3 Å². The molecule has 0 aliphatic carbocycles. The normalized spacial score (nSPS) is 16.3. The minimum absolute atomic E-state index is 0.0853. The number of aromatic nitrogens is 2. The first kappa shape index (κ1) is 20.7. The average molecular weight is 382 g/mol. The van der Waals surface area contributed by atoms with Crippen molar-refractivity contribution in [3.8, 4) is 0 Å². The van der Waals surface area contributed by atoms with Crippen LogP contribution in [0.3, 0.4) is 0 Å². The van der Waals surface area contributed by atoms with Crippen LogP contribution in [0.15, 0.2) is 9.59 Å². The molecule has 0 spiro atoms. The topological polar surface area (TPSA) is 137 Å². The lowest BCUT2D eigenvalue weighted by molar-refractivity contribution is -0.157. The van der Waals surface area contributed by atoms with E-state index in [1.807, 2.05) is 6.92 Å². The molecule has 0 radical (unpaired) electrons. The molecule has 1 aromatic heterocycles. The van der Waals surface area contributed by atoms with Crippen LogP contribution in [0.5, 0.6) is 0 Å². The second-order valence-corrected chi connectivity index (χ2v) is 6.25. The standard InChI is InChI=1S/C17H26N4O6/c1-3-5-8-21-14(18)13(15(23)19-17(21)25)20(4-2)12(22)10-27-16(24)11-7-6-9-26-11/h11H,3-10,18H2,1-2H3,(H,19,23,25)/t11-/m0/s1. The van der Waals surface area contributed by atoms with E-state index in [0.717, 1.165) is 17.7 Å².